The van der Waals surface area contributed by atoms with Crippen molar-refractivity contribution in [2.45, 2.75) is 25.3 Å². The topological polar surface area (TPSA) is 107 Å². The van der Waals surface area contributed by atoms with Crippen molar-refractivity contribution < 1.29 is 17.9 Å². The molecule has 0 saturated heterocycles. The Morgan fingerprint density at radius 3 is 2.50 bits per heavy atom. The Labute approximate surface area is 153 Å². The number of aryl methyl sites for hydroxylation is 1. The van der Waals surface area contributed by atoms with Crippen molar-refractivity contribution in [3.63, 3.8) is 0 Å². The van der Waals surface area contributed by atoms with Gasteiger partial charge in [-0.3, -0.25) is 0 Å². The van der Waals surface area contributed by atoms with E-state index in [1.807, 2.05) is 6.92 Å². The van der Waals surface area contributed by atoms with E-state index < -0.39 is 10.0 Å². The van der Waals surface area contributed by atoms with Gasteiger partial charge in [-0.05, 0) is 37.6 Å². The van der Waals surface area contributed by atoms with Crippen molar-refractivity contribution in [3.8, 4) is 11.8 Å². The lowest BCUT2D eigenvalue weighted by atomic mass is 10.2. The molecule has 0 fully saturated rings. The highest BCUT2D eigenvalue weighted by molar-refractivity contribution is 7.89. The number of hydrogen-bond acceptors (Lipinski definition) is 8. The second-order valence-corrected chi connectivity index (χ2v) is 7.38. The summed E-state index contributed by atoms with van der Waals surface area (Å²) in [4.78, 5) is 14.2. The molecule has 0 aliphatic rings. The zero-order valence-electron chi connectivity index (χ0n) is 15.5. The van der Waals surface area contributed by atoms with Crippen LogP contribution in [0.4, 0.5) is 5.95 Å². The predicted molar refractivity (Wildman–Crippen MR) is 97.1 cm³/mol. The summed E-state index contributed by atoms with van der Waals surface area (Å²) in [6.45, 7) is 4.09. The minimum atomic E-state index is -3.73. The average molecular weight is 381 g/mol. The van der Waals surface area contributed by atoms with Gasteiger partial charge in [-0.2, -0.15) is 15.0 Å². The molecule has 142 valence electrons. The number of benzene rings is 1. The third kappa shape index (κ3) is 4.79. The fourth-order valence-electron chi connectivity index (χ4n) is 2.11. The van der Waals surface area contributed by atoms with Gasteiger partial charge in [0.1, 0.15) is 5.75 Å². The van der Waals surface area contributed by atoms with Gasteiger partial charge in [0, 0.05) is 14.1 Å². The first-order chi connectivity index (χ1) is 12.3. The molecule has 1 aromatic carbocycles. The molecule has 1 N–H and O–H groups in total. The van der Waals surface area contributed by atoms with Crippen molar-refractivity contribution in [3.05, 3.63) is 29.6 Å². The standard InChI is InChI=1S/C16H23N5O4S/c1-6-25-13-8-7-12(9-11(13)2)26(22,23)17-10-14-18-15(21(3)4)20-16(19-14)24-5/h7-9,17H,6,10H2,1-5H3. The van der Waals surface area contributed by atoms with Crippen LogP contribution in [0.2, 0.25) is 0 Å². The van der Waals surface area contributed by atoms with Crippen LogP contribution in [0.3, 0.4) is 0 Å². The van der Waals surface area contributed by atoms with Crippen LogP contribution in [0.25, 0.3) is 0 Å². The highest BCUT2D eigenvalue weighted by atomic mass is 32.2. The van der Waals surface area contributed by atoms with Gasteiger partial charge in [0.2, 0.25) is 16.0 Å². The van der Waals surface area contributed by atoms with Crippen LogP contribution in [0.15, 0.2) is 23.1 Å². The number of aromatic nitrogens is 3. The SMILES string of the molecule is CCOc1ccc(S(=O)(=O)NCc2nc(OC)nc(N(C)C)n2)cc1C. The molecule has 2 rings (SSSR count). The normalized spacial score (nSPS) is 11.3. The lowest BCUT2D eigenvalue weighted by Gasteiger charge is -2.13. The summed E-state index contributed by atoms with van der Waals surface area (Å²) in [6, 6.07) is 4.82. The van der Waals surface area contributed by atoms with E-state index in [2.05, 4.69) is 19.7 Å². The zero-order valence-corrected chi connectivity index (χ0v) is 16.3. The zero-order chi connectivity index (χ0) is 19.3. The molecule has 26 heavy (non-hydrogen) atoms. The van der Waals surface area contributed by atoms with Gasteiger partial charge >= 0.3 is 6.01 Å². The van der Waals surface area contributed by atoms with Gasteiger partial charge in [-0.25, -0.2) is 13.1 Å². The molecule has 0 saturated carbocycles. The van der Waals surface area contributed by atoms with Gasteiger partial charge in [0.05, 0.1) is 25.2 Å². The Kier molecular flexibility index (Phi) is 6.32. The summed E-state index contributed by atoms with van der Waals surface area (Å²) in [5.74, 6) is 1.29. The molecule has 0 atom stereocenters. The maximum Gasteiger partial charge on any atom is 0.321 e. The van der Waals surface area contributed by atoms with Crippen LogP contribution in [0.5, 0.6) is 11.8 Å². The van der Waals surface area contributed by atoms with Crippen molar-refractivity contribution in [1.82, 2.24) is 19.7 Å². The first-order valence-corrected chi connectivity index (χ1v) is 9.44. The number of methoxy groups -OCH3 is 1. The van der Waals surface area contributed by atoms with Gasteiger partial charge in [0.25, 0.3) is 0 Å². The van der Waals surface area contributed by atoms with Crippen LogP contribution in [0.1, 0.15) is 18.3 Å². The minimum absolute atomic E-state index is 0.0890. The lowest BCUT2D eigenvalue weighted by Crippen LogP contribution is -2.25. The summed E-state index contributed by atoms with van der Waals surface area (Å²) < 4.78 is 38.0. The smallest absolute Gasteiger partial charge is 0.321 e. The van der Waals surface area contributed by atoms with Crippen LogP contribution in [0, 0.1) is 6.92 Å². The number of ether oxygens (including phenoxy) is 2. The number of nitrogens with zero attached hydrogens (tertiary/aromatic N) is 4. The molecule has 0 aliphatic heterocycles. The highest BCUT2D eigenvalue weighted by Crippen LogP contribution is 2.22. The second-order valence-electron chi connectivity index (χ2n) is 5.62. The Morgan fingerprint density at radius 2 is 1.92 bits per heavy atom. The number of nitrogens with one attached hydrogen (secondary N) is 1. The summed E-state index contributed by atoms with van der Waals surface area (Å²) in [5, 5.41) is 0. The molecular formula is C16H23N5O4S. The van der Waals surface area contributed by atoms with E-state index in [-0.39, 0.29) is 23.3 Å². The van der Waals surface area contributed by atoms with Crippen molar-refractivity contribution in [2.24, 2.45) is 0 Å². The van der Waals surface area contributed by atoms with E-state index >= 15 is 0 Å². The highest BCUT2D eigenvalue weighted by Gasteiger charge is 2.17. The van der Waals surface area contributed by atoms with Crippen molar-refractivity contribution >= 4 is 16.0 Å². The quantitative estimate of drug-likeness (QED) is 0.725. The number of rotatable bonds is 8. The molecule has 0 bridgehead atoms. The van der Waals surface area contributed by atoms with Gasteiger partial charge < -0.3 is 14.4 Å². The molecule has 9 nitrogen and oxygen atoms in total. The van der Waals surface area contributed by atoms with Gasteiger partial charge in [0.15, 0.2) is 5.82 Å². The van der Waals surface area contributed by atoms with Crippen LogP contribution < -0.4 is 19.1 Å². The van der Waals surface area contributed by atoms with E-state index in [9.17, 15) is 8.42 Å². The van der Waals surface area contributed by atoms with Crippen LogP contribution in [-0.2, 0) is 16.6 Å². The van der Waals surface area contributed by atoms with Crippen LogP contribution in [-0.4, -0.2) is 51.2 Å². The molecule has 1 heterocycles. The molecule has 2 aromatic rings. The van der Waals surface area contributed by atoms with E-state index in [4.69, 9.17) is 9.47 Å². The summed E-state index contributed by atoms with van der Waals surface area (Å²) in [7, 11) is 1.25. The van der Waals surface area contributed by atoms with Gasteiger partial charge in [-0.15, -0.1) is 0 Å². The number of hydrogen-bond donors (Lipinski definition) is 1. The monoisotopic (exact) mass is 381 g/mol. The predicted octanol–water partition coefficient (Wildman–Crippen LogP) is 1.13. The van der Waals surface area contributed by atoms with Crippen molar-refractivity contribution in [1.29, 1.82) is 0 Å². The molecule has 0 aliphatic carbocycles. The third-order valence-corrected chi connectivity index (χ3v) is 4.81. The first-order valence-electron chi connectivity index (χ1n) is 7.96. The Balaban J connectivity index is 2.20. The fourth-order valence-corrected chi connectivity index (χ4v) is 3.17. The van der Waals surface area contributed by atoms with E-state index in [1.165, 1.54) is 13.2 Å². The largest absolute Gasteiger partial charge is 0.494 e. The minimum Gasteiger partial charge on any atom is -0.494 e. The molecule has 0 radical (unpaired) electrons. The van der Waals surface area contributed by atoms with E-state index in [1.54, 1.807) is 38.1 Å². The molecule has 0 unspecified atom stereocenters. The molecule has 1 aromatic heterocycles. The van der Waals surface area contributed by atoms with E-state index in [0.717, 1.165) is 5.56 Å². The third-order valence-electron chi connectivity index (χ3n) is 3.41. The Morgan fingerprint density at radius 1 is 1.19 bits per heavy atom. The number of anilines is 1. The maximum absolute atomic E-state index is 12.5. The van der Waals surface area contributed by atoms with Gasteiger partial charge in [-0.1, -0.05) is 0 Å². The average Bonchev–Trinajstić information content (AvgIpc) is 2.61. The maximum atomic E-state index is 12.5. The molecule has 0 spiro atoms. The second kappa shape index (κ2) is 8.28. The van der Waals surface area contributed by atoms with Crippen LogP contribution >= 0.6 is 0 Å². The van der Waals surface area contributed by atoms with E-state index in [0.29, 0.717) is 18.3 Å². The van der Waals surface area contributed by atoms with Crippen molar-refractivity contribution in [2.75, 3.05) is 32.7 Å². The molecule has 10 heteroatoms. The fraction of sp³-hybridized carbons (Fsp3) is 0.438. The Bertz CT molecular complexity index is 871. The number of sulfonamides is 1. The molecule has 0 amide bonds. The summed E-state index contributed by atoms with van der Waals surface area (Å²) in [5.41, 5.74) is 0.742. The lowest BCUT2D eigenvalue weighted by molar-refractivity contribution is 0.337. The first kappa shape index (κ1) is 19.9. The Hall–Kier alpha value is -2.46. The summed E-state index contributed by atoms with van der Waals surface area (Å²) >= 11 is 0. The summed E-state index contributed by atoms with van der Waals surface area (Å²) in [6.07, 6.45) is 0. The molecular weight excluding hydrogens is 358 g/mol.